The molecule has 102 valence electrons. The molecular formula is C15H19NO3. The number of aromatic carboxylic acids is 1. The van der Waals surface area contributed by atoms with E-state index in [4.69, 9.17) is 0 Å². The number of nitrogens with zero attached hydrogens (tertiary/aromatic N) is 1. The Morgan fingerprint density at radius 1 is 1.11 bits per heavy atom. The summed E-state index contributed by atoms with van der Waals surface area (Å²) in [6.45, 7) is 4.05. The molecule has 1 aromatic rings. The van der Waals surface area contributed by atoms with Crippen LogP contribution in [0.25, 0.3) is 0 Å². The Hall–Kier alpha value is -1.84. The van der Waals surface area contributed by atoms with Gasteiger partial charge in [0, 0.05) is 12.1 Å². The van der Waals surface area contributed by atoms with Gasteiger partial charge < -0.3 is 10.0 Å². The molecule has 1 saturated heterocycles. The topological polar surface area (TPSA) is 57.6 Å². The molecular weight excluding hydrogens is 242 g/mol. The quantitative estimate of drug-likeness (QED) is 0.890. The summed E-state index contributed by atoms with van der Waals surface area (Å²) in [7, 11) is 0. The fourth-order valence-corrected chi connectivity index (χ4v) is 2.82. The van der Waals surface area contributed by atoms with Gasteiger partial charge in [0.2, 0.25) is 0 Å². The van der Waals surface area contributed by atoms with Crippen LogP contribution in [0.15, 0.2) is 24.3 Å². The number of benzene rings is 1. The molecule has 1 heterocycles. The maximum absolute atomic E-state index is 12.6. The lowest BCUT2D eigenvalue weighted by Gasteiger charge is -2.39. The largest absolute Gasteiger partial charge is 0.478 e. The molecule has 1 N–H and O–H groups in total. The number of carbonyl (C=O) groups excluding carboxylic acids is 1. The molecule has 0 unspecified atom stereocenters. The number of hydrogen-bond donors (Lipinski definition) is 1. The number of rotatable bonds is 2. The van der Waals surface area contributed by atoms with Gasteiger partial charge in [-0.05, 0) is 45.2 Å². The molecule has 1 aromatic carbocycles. The average Bonchev–Trinajstić information content (AvgIpc) is 2.38. The van der Waals surface area contributed by atoms with E-state index in [1.807, 2.05) is 18.7 Å². The molecule has 1 amide bonds. The fraction of sp³-hybridized carbons (Fsp3) is 0.467. The highest BCUT2D eigenvalue weighted by Gasteiger charge is 2.31. The Labute approximate surface area is 113 Å². The van der Waals surface area contributed by atoms with Gasteiger partial charge >= 0.3 is 5.97 Å². The van der Waals surface area contributed by atoms with Crippen molar-refractivity contribution in [3.63, 3.8) is 0 Å². The second kappa shape index (κ2) is 5.43. The van der Waals surface area contributed by atoms with Crippen LogP contribution in [0.2, 0.25) is 0 Å². The van der Waals surface area contributed by atoms with Gasteiger partial charge in [-0.1, -0.05) is 12.1 Å². The van der Waals surface area contributed by atoms with E-state index in [-0.39, 0.29) is 29.1 Å². The third-order valence-corrected chi connectivity index (χ3v) is 3.82. The highest BCUT2D eigenvalue weighted by atomic mass is 16.4. The normalized spacial score (nSPS) is 23.2. The molecule has 0 spiro atoms. The van der Waals surface area contributed by atoms with Crippen molar-refractivity contribution in [3.05, 3.63) is 35.4 Å². The molecule has 0 radical (unpaired) electrons. The van der Waals surface area contributed by atoms with Gasteiger partial charge in [0.15, 0.2) is 0 Å². The fourth-order valence-electron chi connectivity index (χ4n) is 2.82. The number of carbonyl (C=O) groups is 2. The highest BCUT2D eigenvalue weighted by molar-refractivity contribution is 6.05. The summed E-state index contributed by atoms with van der Waals surface area (Å²) in [5.74, 6) is -1.22. The zero-order chi connectivity index (χ0) is 14.0. The number of hydrogen-bond acceptors (Lipinski definition) is 2. The third kappa shape index (κ3) is 2.62. The van der Waals surface area contributed by atoms with Crippen molar-refractivity contribution in [2.24, 2.45) is 0 Å². The summed E-state index contributed by atoms with van der Waals surface area (Å²) >= 11 is 0. The second-order valence-electron chi connectivity index (χ2n) is 5.19. The van der Waals surface area contributed by atoms with Gasteiger partial charge in [-0.2, -0.15) is 0 Å². The molecule has 4 heteroatoms. The summed E-state index contributed by atoms with van der Waals surface area (Å²) in [4.78, 5) is 25.6. The summed E-state index contributed by atoms with van der Waals surface area (Å²) in [6.07, 6.45) is 3.07. The van der Waals surface area contributed by atoms with Gasteiger partial charge in [0.05, 0.1) is 11.1 Å². The molecule has 1 aliphatic rings. The third-order valence-electron chi connectivity index (χ3n) is 3.82. The number of carboxylic acid groups (broad SMARTS) is 1. The first-order valence-electron chi connectivity index (χ1n) is 6.67. The molecule has 19 heavy (non-hydrogen) atoms. The molecule has 0 saturated carbocycles. The Kier molecular flexibility index (Phi) is 3.88. The molecule has 0 aliphatic carbocycles. The number of carboxylic acids is 1. The van der Waals surface area contributed by atoms with Crippen LogP contribution in [0.1, 0.15) is 53.8 Å². The van der Waals surface area contributed by atoms with Crippen LogP contribution in [0, 0.1) is 0 Å². The summed E-state index contributed by atoms with van der Waals surface area (Å²) in [6, 6.07) is 6.76. The van der Waals surface area contributed by atoms with Gasteiger partial charge in [0.1, 0.15) is 0 Å². The van der Waals surface area contributed by atoms with Gasteiger partial charge in [-0.15, -0.1) is 0 Å². The monoisotopic (exact) mass is 261 g/mol. The molecule has 0 bridgehead atoms. The van der Waals surface area contributed by atoms with Crippen molar-refractivity contribution >= 4 is 11.9 Å². The average molecular weight is 261 g/mol. The van der Waals surface area contributed by atoms with Crippen LogP contribution < -0.4 is 0 Å². The second-order valence-corrected chi connectivity index (χ2v) is 5.19. The lowest BCUT2D eigenvalue weighted by molar-refractivity contribution is 0.0501. The van der Waals surface area contributed by atoms with Crippen molar-refractivity contribution < 1.29 is 14.7 Å². The minimum Gasteiger partial charge on any atom is -0.478 e. The predicted molar refractivity (Wildman–Crippen MR) is 72.3 cm³/mol. The van der Waals surface area contributed by atoms with Crippen molar-refractivity contribution in [3.8, 4) is 0 Å². The van der Waals surface area contributed by atoms with Crippen molar-refractivity contribution in [2.75, 3.05) is 0 Å². The van der Waals surface area contributed by atoms with Crippen molar-refractivity contribution in [1.29, 1.82) is 0 Å². The van der Waals surface area contributed by atoms with Crippen LogP contribution in [0.5, 0.6) is 0 Å². The van der Waals surface area contributed by atoms with E-state index in [0.29, 0.717) is 0 Å². The van der Waals surface area contributed by atoms with Crippen LogP contribution in [-0.2, 0) is 0 Å². The number of piperidine rings is 1. The Bertz CT molecular complexity index is 488. The van der Waals surface area contributed by atoms with Crippen molar-refractivity contribution in [1.82, 2.24) is 4.90 Å². The Morgan fingerprint density at radius 3 is 2.16 bits per heavy atom. The maximum Gasteiger partial charge on any atom is 0.336 e. The molecule has 2 atom stereocenters. The molecule has 2 rings (SSSR count). The van der Waals surface area contributed by atoms with E-state index in [0.717, 1.165) is 19.3 Å². The molecule has 0 aromatic heterocycles. The van der Waals surface area contributed by atoms with E-state index in [1.54, 1.807) is 18.2 Å². The lowest BCUT2D eigenvalue weighted by atomic mass is 9.95. The SMILES string of the molecule is C[C@@H]1CCC[C@H](C)N1C(=O)c1ccccc1C(=O)O. The van der Waals surface area contributed by atoms with Gasteiger partial charge in [0.25, 0.3) is 5.91 Å². The van der Waals surface area contributed by atoms with Gasteiger partial charge in [-0.3, -0.25) is 4.79 Å². The zero-order valence-corrected chi connectivity index (χ0v) is 11.3. The van der Waals surface area contributed by atoms with E-state index in [9.17, 15) is 14.7 Å². The first-order valence-corrected chi connectivity index (χ1v) is 6.67. The van der Waals surface area contributed by atoms with E-state index in [2.05, 4.69) is 0 Å². The first kappa shape index (κ1) is 13.6. The first-order chi connectivity index (χ1) is 9.02. The maximum atomic E-state index is 12.6. The highest BCUT2D eigenvalue weighted by Crippen LogP contribution is 2.25. The molecule has 1 aliphatic heterocycles. The van der Waals surface area contributed by atoms with Gasteiger partial charge in [-0.25, -0.2) is 4.79 Å². The standard InChI is InChI=1S/C15H19NO3/c1-10-6-5-7-11(2)16(10)14(17)12-8-3-4-9-13(12)15(18)19/h3-4,8-11H,5-7H2,1-2H3,(H,18,19)/t10-,11+. The zero-order valence-electron chi connectivity index (χ0n) is 11.3. The van der Waals surface area contributed by atoms with Crippen LogP contribution in [0.4, 0.5) is 0 Å². The number of likely N-dealkylation sites (tertiary alicyclic amines) is 1. The smallest absolute Gasteiger partial charge is 0.336 e. The minimum atomic E-state index is -1.05. The van der Waals surface area contributed by atoms with Crippen molar-refractivity contribution in [2.45, 2.75) is 45.2 Å². The van der Waals surface area contributed by atoms with E-state index >= 15 is 0 Å². The van der Waals surface area contributed by atoms with Crippen LogP contribution in [-0.4, -0.2) is 34.0 Å². The lowest BCUT2D eigenvalue weighted by Crippen LogP contribution is -2.47. The predicted octanol–water partition coefficient (Wildman–Crippen LogP) is 2.79. The van der Waals surface area contributed by atoms with E-state index in [1.165, 1.54) is 6.07 Å². The molecule has 1 fully saturated rings. The van der Waals surface area contributed by atoms with Crippen LogP contribution >= 0.6 is 0 Å². The number of amides is 1. The molecule has 4 nitrogen and oxygen atoms in total. The summed E-state index contributed by atoms with van der Waals surface area (Å²) < 4.78 is 0. The summed E-state index contributed by atoms with van der Waals surface area (Å²) in [5.41, 5.74) is 0.369. The summed E-state index contributed by atoms with van der Waals surface area (Å²) in [5, 5.41) is 9.17. The Morgan fingerprint density at radius 2 is 1.63 bits per heavy atom. The Balaban J connectivity index is 2.36. The van der Waals surface area contributed by atoms with E-state index < -0.39 is 5.97 Å². The minimum absolute atomic E-state index is 0.0810. The van der Waals surface area contributed by atoms with Crippen LogP contribution in [0.3, 0.4) is 0 Å².